The van der Waals surface area contributed by atoms with Crippen molar-refractivity contribution in [1.82, 2.24) is 14.8 Å². The predicted molar refractivity (Wildman–Crippen MR) is 63.2 cm³/mol. The predicted octanol–water partition coefficient (Wildman–Crippen LogP) is 2.82. The highest BCUT2D eigenvalue weighted by molar-refractivity contribution is 7.71. The summed E-state index contributed by atoms with van der Waals surface area (Å²) in [6, 6.07) is 5.05. The summed E-state index contributed by atoms with van der Waals surface area (Å²) in [6.45, 7) is 0. The molecule has 1 heterocycles. The molecule has 0 aliphatic carbocycles. The van der Waals surface area contributed by atoms with Gasteiger partial charge in [-0.1, -0.05) is 23.2 Å². The molecule has 0 saturated heterocycles. The van der Waals surface area contributed by atoms with Crippen LogP contribution in [0.3, 0.4) is 0 Å². The molecule has 78 valence electrons. The van der Waals surface area contributed by atoms with Gasteiger partial charge in [0.05, 0.1) is 10.7 Å². The van der Waals surface area contributed by atoms with Crippen molar-refractivity contribution in [2.24, 2.45) is 0 Å². The zero-order valence-corrected chi connectivity index (χ0v) is 9.70. The summed E-state index contributed by atoms with van der Waals surface area (Å²) in [5.74, 6) is 0.254. The molecule has 2 rings (SSSR count). The molecular weight excluding hydrogens is 255 g/mol. The minimum atomic E-state index is 0.254. The number of nitrogens with zero attached hydrogens (tertiary/aromatic N) is 2. The lowest BCUT2D eigenvalue weighted by molar-refractivity contribution is 1.04. The van der Waals surface area contributed by atoms with Gasteiger partial charge in [0.15, 0.2) is 0 Å². The normalized spacial score (nSPS) is 10.5. The quantitative estimate of drug-likeness (QED) is 0.776. The number of aromatic nitrogens is 3. The number of aromatic amines is 1. The first-order valence-electron chi connectivity index (χ1n) is 3.98. The topological polar surface area (TPSA) is 59.6 Å². The number of nitrogen functional groups attached to an aromatic ring is 1. The minimum Gasteiger partial charge on any atom is -0.368 e. The maximum Gasteiger partial charge on any atom is 0.225 e. The van der Waals surface area contributed by atoms with Gasteiger partial charge in [0, 0.05) is 5.02 Å². The number of benzene rings is 1. The molecule has 7 heteroatoms. The van der Waals surface area contributed by atoms with Crippen LogP contribution in [0.15, 0.2) is 18.2 Å². The molecule has 0 amide bonds. The van der Waals surface area contributed by atoms with E-state index in [0.29, 0.717) is 20.5 Å². The summed E-state index contributed by atoms with van der Waals surface area (Å²) in [5, 5.41) is 7.38. The maximum atomic E-state index is 6.02. The first-order valence-corrected chi connectivity index (χ1v) is 5.14. The van der Waals surface area contributed by atoms with E-state index in [1.165, 1.54) is 4.57 Å². The molecule has 0 fully saturated rings. The molecular formula is C8H6Cl2N4S. The van der Waals surface area contributed by atoms with E-state index >= 15 is 0 Å². The third kappa shape index (κ3) is 1.86. The highest BCUT2D eigenvalue weighted by Gasteiger charge is 2.08. The summed E-state index contributed by atoms with van der Waals surface area (Å²) in [7, 11) is 0. The van der Waals surface area contributed by atoms with Gasteiger partial charge in [-0.15, -0.1) is 5.10 Å². The Kier molecular flexibility index (Phi) is 2.68. The van der Waals surface area contributed by atoms with Gasteiger partial charge in [-0.25, -0.2) is 5.10 Å². The van der Waals surface area contributed by atoms with Crippen molar-refractivity contribution in [3.05, 3.63) is 33.0 Å². The maximum absolute atomic E-state index is 6.02. The van der Waals surface area contributed by atoms with Crippen LogP contribution in [0.25, 0.3) is 5.69 Å². The Hall–Kier alpha value is -1.04. The van der Waals surface area contributed by atoms with Crippen LogP contribution < -0.4 is 5.73 Å². The van der Waals surface area contributed by atoms with Gasteiger partial charge in [0.2, 0.25) is 10.7 Å². The molecule has 4 nitrogen and oxygen atoms in total. The molecule has 1 aromatic heterocycles. The first-order chi connectivity index (χ1) is 7.09. The van der Waals surface area contributed by atoms with Crippen LogP contribution in [0.2, 0.25) is 10.0 Å². The lowest BCUT2D eigenvalue weighted by Crippen LogP contribution is -2.01. The largest absolute Gasteiger partial charge is 0.368 e. The standard InChI is InChI=1S/C8H6Cl2N4S/c9-4-1-2-6(5(10)3-4)14-7(11)12-13-8(14)15/h1-3H,(H2,11,12)(H,13,15). The Balaban J connectivity index is 2.69. The van der Waals surface area contributed by atoms with Gasteiger partial charge in [0.25, 0.3) is 0 Å². The second-order valence-corrected chi connectivity index (χ2v) is 4.05. The fourth-order valence-corrected chi connectivity index (χ4v) is 1.94. The SMILES string of the molecule is Nc1n[nH]c(=S)n1-c1ccc(Cl)cc1Cl. The minimum absolute atomic E-state index is 0.254. The zero-order chi connectivity index (χ0) is 11.0. The van der Waals surface area contributed by atoms with Gasteiger partial charge in [-0.2, -0.15) is 0 Å². The summed E-state index contributed by atoms with van der Waals surface area (Å²) < 4.78 is 1.92. The van der Waals surface area contributed by atoms with Gasteiger partial charge in [-0.05, 0) is 30.4 Å². The molecule has 0 radical (unpaired) electrons. The van der Waals surface area contributed by atoms with Crippen molar-refractivity contribution in [3.8, 4) is 5.69 Å². The average Bonchev–Trinajstić information content (AvgIpc) is 2.48. The third-order valence-electron chi connectivity index (χ3n) is 1.85. The molecule has 1 aromatic carbocycles. The van der Waals surface area contributed by atoms with E-state index in [9.17, 15) is 0 Å². The fourth-order valence-electron chi connectivity index (χ4n) is 1.20. The van der Waals surface area contributed by atoms with Crippen LogP contribution in [0.4, 0.5) is 5.95 Å². The van der Waals surface area contributed by atoms with Gasteiger partial charge < -0.3 is 5.73 Å². The number of halogens is 2. The Labute approximate surface area is 101 Å². The highest BCUT2D eigenvalue weighted by Crippen LogP contribution is 2.25. The average molecular weight is 261 g/mol. The van der Waals surface area contributed by atoms with Crippen LogP contribution in [-0.4, -0.2) is 14.8 Å². The third-order valence-corrected chi connectivity index (χ3v) is 2.66. The van der Waals surface area contributed by atoms with E-state index in [0.717, 1.165) is 0 Å². The van der Waals surface area contributed by atoms with E-state index in [-0.39, 0.29) is 5.95 Å². The summed E-state index contributed by atoms with van der Waals surface area (Å²) in [6.07, 6.45) is 0. The number of H-pyrrole nitrogens is 1. The van der Waals surface area contributed by atoms with E-state index in [2.05, 4.69) is 10.2 Å². The highest BCUT2D eigenvalue weighted by atomic mass is 35.5. The lowest BCUT2D eigenvalue weighted by atomic mass is 10.3. The molecule has 15 heavy (non-hydrogen) atoms. The van der Waals surface area contributed by atoms with Crippen LogP contribution >= 0.6 is 35.4 Å². The molecule has 3 N–H and O–H groups in total. The van der Waals surface area contributed by atoms with Crippen molar-refractivity contribution in [1.29, 1.82) is 0 Å². The molecule has 2 aromatic rings. The Morgan fingerprint density at radius 1 is 1.40 bits per heavy atom. The van der Waals surface area contributed by atoms with Gasteiger partial charge >= 0.3 is 0 Å². The number of nitrogens with one attached hydrogen (secondary N) is 1. The van der Waals surface area contributed by atoms with Crippen molar-refractivity contribution in [3.63, 3.8) is 0 Å². The lowest BCUT2D eigenvalue weighted by Gasteiger charge is -2.05. The Morgan fingerprint density at radius 2 is 2.13 bits per heavy atom. The number of rotatable bonds is 1. The van der Waals surface area contributed by atoms with Crippen LogP contribution in [0.5, 0.6) is 0 Å². The Morgan fingerprint density at radius 3 is 2.67 bits per heavy atom. The van der Waals surface area contributed by atoms with Crippen LogP contribution in [0.1, 0.15) is 0 Å². The van der Waals surface area contributed by atoms with Crippen LogP contribution in [0, 0.1) is 4.77 Å². The van der Waals surface area contributed by atoms with E-state index in [1.807, 2.05) is 0 Å². The number of hydrogen-bond donors (Lipinski definition) is 2. The van der Waals surface area contributed by atoms with Crippen molar-refractivity contribution in [2.45, 2.75) is 0 Å². The molecule has 0 aliphatic rings. The fraction of sp³-hybridized carbons (Fsp3) is 0. The van der Waals surface area contributed by atoms with Crippen molar-refractivity contribution < 1.29 is 0 Å². The number of hydrogen-bond acceptors (Lipinski definition) is 3. The van der Waals surface area contributed by atoms with E-state index in [4.69, 9.17) is 41.2 Å². The molecule has 0 aliphatic heterocycles. The van der Waals surface area contributed by atoms with Gasteiger partial charge in [-0.3, -0.25) is 4.57 Å². The first kappa shape index (κ1) is 10.5. The zero-order valence-electron chi connectivity index (χ0n) is 7.37. The summed E-state index contributed by atoms with van der Waals surface area (Å²) >= 11 is 16.8. The molecule has 0 saturated carbocycles. The summed E-state index contributed by atoms with van der Waals surface area (Å²) in [4.78, 5) is 0. The second kappa shape index (κ2) is 3.84. The second-order valence-electron chi connectivity index (χ2n) is 2.82. The van der Waals surface area contributed by atoms with Crippen molar-refractivity contribution >= 4 is 41.4 Å². The van der Waals surface area contributed by atoms with Gasteiger partial charge in [0.1, 0.15) is 0 Å². The number of nitrogens with two attached hydrogens (primary N) is 1. The van der Waals surface area contributed by atoms with Crippen LogP contribution in [-0.2, 0) is 0 Å². The molecule has 0 spiro atoms. The van der Waals surface area contributed by atoms with E-state index in [1.54, 1.807) is 18.2 Å². The molecule has 0 unspecified atom stereocenters. The molecule has 0 bridgehead atoms. The molecule has 0 atom stereocenters. The monoisotopic (exact) mass is 260 g/mol. The Bertz CT molecular complexity index is 560. The smallest absolute Gasteiger partial charge is 0.225 e. The van der Waals surface area contributed by atoms with E-state index < -0.39 is 0 Å². The van der Waals surface area contributed by atoms with Crippen molar-refractivity contribution in [2.75, 3.05) is 5.73 Å². The number of anilines is 1. The summed E-state index contributed by atoms with van der Waals surface area (Å²) in [5.41, 5.74) is 6.29.